The molecule has 0 aromatic heterocycles. The van der Waals surface area contributed by atoms with Gasteiger partial charge in [0.05, 0.1) is 40.3 Å². The van der Waals surface area contributed by atoms with Crippen molar-refractivity contribution < 1.29 is 33.0 Å². The second-order valence-electron chi connectivity index (χ2n) is 9.47. The molecule has 0 unspecified atom stereocenters. The van der Waals surface area contributed by atoms with Gasteiger partial charge in [0.1, 0.15) is 11.5 Å². The first-order valence-electron chi connectivity index (χ1n) is 11.2. The minimum Gasteiger partial charge on any atom is -0.494 e. The maximum atomic E-state index is 14.9. The number of benzene rings is 2. The molecule has 2 amide bonds. The molecule has 5 rings (SSSR count). The van der Waals surface area contributed by atoms with Crippen molar-refractivity contribution in [3.05, 3.63) is 49.9 Å². The van der Waals surface area contributed by atoms with Crippen molar-refractivity contribution in [2.24, 2.45) is 11.8 Å². The summed E-state index contributed by atoms with van der Waals surface area (Å²) >= 11 is 24.9. The molecule has 2 aromatic carbocycles. The molecule has 2 N–H and O–H groups in total. The summed E-state index contributed by atoms with van der Waals surface area (Å²) in [6, 6.07) is 4.13. The number of hydrogen-bond donors (Lipinski definition) is 2. The average molecular weight is 609 g/mol. The molecule has 8 nitrogen and oxygen atoms in total. The fourth-order valence-electron chi connectivity index (χ4n) is 6.07. The van der Waals surface area contributed by atoms with E-state index in [1.807, 2.05) is 0 Å². The number of ether oxygens (including phenoxy) is 1. The number of carboxylic acid groups (broad SMARTS) is 1. The Morgan fingerprint density at radius 3 is 2.34 bits per heavy atom. The van der Waals surface area contributed by atoms with Gasteiger partial charge < -0.3 is 20.1 Å². The van der Waals surface area contributed by atoms with Gasteiger partial charge in [0, 0.05) is 35.8 Å². The molecule has 1 spiro atoms. The van der Waals surface area contributed by atoms with Crippen LogP contribution in [0.25, 0.3) is 0 Å². The predicted octanol–water partition coefficient (Wildman–Crippen LogP) is 5.16. The minimum atomic E-state index is -3.30. The second-order valence-corrected chi connectivity index (χ2v) is 11.1. The predicted molar refractivity (Wildman–Crippen MR) is 138 cm³/mol. The number of nitrogens with zero attached hydrogens (tertiary/aromatic N) is 2. The summed E-state index contributed by atoms with van der Waals surface area (Å²) in [4.78, 5) is 42.7. The lowest BCUT2D eigenvalue weighted by Crippen LogP contribution is -2.54. The number of aliphatic carboxylic acids is 1. The normalized spacial score (nSPS) is 27.3. The number of rotatable bonds is 4. The van der Waals surface area contributed by atoms with Crippen molar-refractivity contribution in [3.63, 3.8) is 0 Å². The van der Waals surface area contributed by atoms with Gasteiger partial charge in [-0.25, -0.2) is 8.78 Å². The molecule has 3 aliphatic heterocycles. The Bertz CT molecular complexity index is 1390. The van der Waals surface area contributed by atoms with E-state index >= 15 is 0 Å². The Morgan fingerprint density at radius 2 is 1.76 bits per heavy atom. The first kappa shape index (κ1) is 27.2. The Hall–Kier alpha value is -2.37. The van der Waals surface area contributed by atoms with Crippen LogP contribution in [0, 0.1) is 11.8 Å². The second kappa shape index (κ2) is 9.09. The molecule has 3 aliphatic rings. The molecule has 0 aliphatic carbocycles. The third kappa shape index (κ3) is 3.76. The van der Waals surface area contributed by atoms with Crippen LogP contribution < -0.4 is 15.0 Å². The number of carbonyl (C=O) groups excluding carboxylic acids is 2. The molecule has 38 heavy (non-hydrogen) atoms. The van der Waals surface area contributed by atoms with Crippen LogP contribution in [0.15, 0.2) is 24.3 Å². The van der Waals surface area contributed by atoms with Gasteiger partial charge in [0.25, 0.3) is 11.8 Å². The maximum absolute atomic E-state index is 14.9. The fourth-order valence-corrected chi connectivity index (χ4v) is 7.24. The largest absolute Gasteiger partial charge is 0.494 e. The van der Waals surface area contributed by atoms with Crippen LogP contribution in [0.1, 0.15) is 12.0 Å². The highest BCUT2D eigenvalue weighted by molar-refractivity contribution is 6.38. The lowest BCUT2D eigenvalue weighted by molar-refractivity contribution is -0.153. The van der Waals surface area contributed by atoms with Gasteiger partial charge in [-0.05, 0) is 24.3 Å². The molecule has 3 heterocycles. The van der Waals surface area contributed by atoms with Crippen LogP contribution >= 0.6 is 46.4 Å². The van der Waals surface area contributed by atoms with Gasteiger partial charge in [-0.1, -0.05) is 46.4 Å². The van der Waals surface area contributed by atoms with E-state index in [0.717, 1.165) is 9.80 Å². The van der Waals surface area contributed by atoms with Crippen LogP contribution in [-0.4, -0.2) is 60.5 Å². The molecule has 14 heteroatoms. The highest BCUT2D eigenvalue weighted by Gasteiger charge is 2.74. The van der Waals surface area contributed by atoms with E-state index in [9.17, 15) is 28.3 Å². The Labute approximate surface area is 235 Å². The van der Waals surface area contributed by atoms with Crippen LogP contribution in [-0.2, 0) is 19.9 Å². The van der Waals surface area contributed by atoms with E-state index in [-0.39, 0.29) is 42.8 Å². The Morgan fingerprint density at radius 1 is 1.13 bits per heavy atom. The van der Waals surface area contributed by atoms with Gasteiger partial charge in [0.2, 0.25) is 5.91 Å². The molecule has 0 bridgehead atoms. The van der Waals surface area contributed by atoms with Crippen LogP contribution in [0.5, 0.6) is 5.75 Å². The third-order valence-corrected chi connectivity index (χ3v) is 8.57. The molecular weight excluding hydrogens is 590 g/mol. The number of hydrogen-bond acceptors (Lipinski definition) is 5. The zero-order valence-corrected chi connectivity index (χ0v) is 22.7. The lowest BCUT2D eigenvalue weighted by Gasteiger charge is -2.36. The molecule has 2 aromatic rings. The first-order chi connectivity index (χ1) is 17.7. The molecule has 4 atom stereocenters. The number of halogens is 6. The SMILES string of the molecule is COc1c(Cl)cc(N(C)C(=O)[C@H]2[C@H]3CC(F)(F)CN3[C@]3(C(=O)Nc4c(Cl)cc(Cl)cc43)[C@H]2C(=O)O)cc1Cl. The van der Waals surface area contributed by atoms with E-state index in [2.05, 4.69) is 5.32 Å². The first-order valence-corrected chi connectivity index (χ1v) is 12.7. The van der Waals surface area contributed by atoms with Crippen LogP contribution in [0.3, 0.4) is 0 Å². The van der Waals surface area contributed by atoms with E-state index < -0.39 is 60.1 Å². The summed E-state index contributed by atoms with van der Waals surface area (Å²) in [5.41, 5.74) is -1.88. The Balaban J connectivity index is 1.69. The number of carbonyl (C=O) groups is 3. The number of nitrogens with one attached hydrogen (secondary N) is 1. The Kier molecular flexibility index (Phi) is 6.51. The lowest BCUT2D eigenvalue weighted by atomic mass is 9.73. The van der Waals surface area contributed by atoms with Gasteiger partial charge >= 0.3 is 5.97 Å². The summed E-state index contributed by atoms with van der Waals surface area (Å²) in [6.45, 7) is -0.938. The van der Waals surface area contributed by atoms with E-state index in [1.54, 1.807) is 0 Å². The molecule has 2 saturated heterocycles. The summed E-state index contributed by atoms with van der Waals surface area (Å²) in [5.74, 6) is -9.64. The van der Waals surface area contributed by atoms with Crippen LogP contribution in [0.2, 0.25) is 20.1 Å². The van der Waals surface area contributed by atoms with Gasteiger partial charge in [0.15, 0.2) is 5.75 Å². The van der Waals surface area contributed by atoms with E-state index in [4.69, 9.17) is 51.1 Å². The third-order valence-electron chi connectivity index (χ3n) is 7.49. The van der Waals surface area contributed by atoms with E-state index in [1.165, 1.54) is 38.4 Å². The standard InChI is InChI=1S/C24H19Cl4F2N3O5/c1-32(10-5-13(27)19(38-2)14(28)6-10)20(34)16-15-7-23(29,30)8-33(15)24(17(16)21(35)36)11-3-9(25)4-12(26)18(11)31-22(24)37/h3-6,15-17H,7-8H2,1-2H3,(H,31,37)(H,35,36)/t15-,16+,17-,24+/m1/s1. The molecular formula is C24H19Cl4F2N3O5. The number of alkyl halides is 2. The monoisotopic (exact) mass is 607 g/mol. The van der Waals surface area contributed by atoms with Crippen LogP contribution in [0.4, 0.5) is 20.2 Å². The summed E-state index contributed by atoms with van der Waals surface area (Å²) in [6.07, 6.45) is -0.830. The number of fused-ring (bicyclic) bond motifs is 4. The summed E-state index contributed by atoms with van der Waals surface area (Å²) < 4.78 is 34.9. The smallest absolute Gasteiger partial charge is 0.310 e. The molecule has 0 saturated carbocycles. The summed E-state index contributed by atoms with van der Waals surface area (Å²) in [7, 11) is 2.70. The van der Waals surface area contributed by atoms with Gasteiger partial charge in [-0.15, -0.1) is 0 Å². The van der Waals surface area contributed by atoms with Crippen molar-refractivity contribution >= 4 is 75.6 Å². The van der Waals surface area contributed by atoms with Crippen molar-refractivity contribution in [1.82, 2.24) is 4.90 Å². The topological polar surface area (TPSA) is 99.2 Å². The highest BCUT2D eigenvalue weighted by atomic mass is 35.5. The van der Waals surface area contributed by atoms with Crippen molar-refractivity contribution in [2.45, 2.75) is 23.9 Å². The molecule has 2 fully saturated rings. The fraction of sp³-hybridized carbons (Fsp3) is 0.375. The van der Waals surface area contributed by atoms with Gasteiger partial charge in [-0.3, -0.25) is 19.3 Å². The van der Waals surface area contributed by atoms with E-state index in [0.29, 0.717) is 0 Å². The number of amides is 2. The molecule has 202 valence electrons. The number of anilines is 2. The molecule has 0 radical (unpaired) electrons. The number of methoxy groups -OCH3 is 1. The van der Waals surface area contributed by atoms with Crippen molar-refractivity contribution in [2.75, 3.05) is 30.9 Å². The highest BCUT2D eigenvalue weighted by Crippen LogP contribution is 2.61. The van der Waals surface area contributed by atoms with Gasteiger partial charge in [-0.2, -0.15) is 0 Å². The van der Waals surface area contributed by atoms with Crippen molar-refractivity contribution in [3.8, 4) is 5.75 Å². The summed E-state index contributed by atoms with van der Waals surface area (Å²) in [5, 5.41) is 13.2. The van der Waals surface area contributed by atoms with Crippen molar-refractivity contribution in [1.29, 1.82) is 0 Å². The zero-order valence-electron chi connectivity index (χ0n) is 19.7. The quantitative estimate of drug-likeness (QED) is 0.498. The number of carboxylic acids is 1. The zero-order chi connectivity index (χ0) is 27.9. The minimum absolute atomic E-state index is 0.0128. The maximum Gasteiger partial charge on any atom is 0.310 e. The average Bonchev–Trinajstić information content (AvgIpc) is 3.39.